The van der Waals surface area contributed by atoms with Crippen LogP contribution in [0.15, 0.2) is 18.5 Å². The lowest BCUT2D eigenvalue weighted by Crippen LogP contribution is -2.43. The monoisotopic (exact) mass is 293 g/mol. The summed E-state index contributed by atoms with van der Waals surface area (Å²) in [4.78, 5) is 13.5. The third kappa shape index (κ3) is 2.61. The van der Waals surface area contributed by atoms with Crippen molar-refractivity contribution in [2.75, 3.05) is 6.54 Å². The minimum atomic E-state index is -0.906. The standard InChI is InChI=1S/C16H24FN3O/c1-7-16(5,6)14-8-13-12(4)19(15(21)11(3)17)9-10(2)20(13)18-14/h8,10,12H,3,7,9H2,1-2,4-6H3. The number of hydrogen-bond acceptors (Lipinski definition) is 2. The smallest absolute Gasteiger partial charge is 0.282 e. The van der Waals surface area contributed by atoms with Crippen molar-refractivity contribution in [3.63, 3.8) is 0 Å². The first kappa shape index (κ1) is 15.7. The van der Waals surface area contributed by atoms with Gasteiger partial charge < -0.3 is 4.90 Å². The molecule has 21 heavy (non-hydrogen) atoms. The highest BCUT2D eigenvalue weighted by molar-refractivity contribution is 5.91. The summed E-state index contributed by atoms with van der Waals surface area (Å²) in [6.45, 7) is 13.9. The summed E-state index contributed by atoms with van der Waals surface area (Å²) in [5.41, 5.74) is 1.97. The van der Waals surface area contributed by atoms with Gasteiger partial charge in [0.2, 0.25) is 0 Å². The van der Waals surface area contributed by atoms with E-state index in [4.69, 9.17) is 5.10 Å². The van der Waals surface area contributed by atoms with Gasteiger partial charge in [0.15, 0.2) is 5.83 Å². The highest BCUT2D eigenvalue weighted by atomic mass is 19.1. The average Bonchev–Trinajstić information content (AvgIpc) is 2.88. The van der Waals surface area contributed by atoms with Gasteiger partial charge in [-0.05, 0) is 26.3 Å². The molecule has 2 unspecified atom stereocenters. The second-order valence-electron chi connectivity index (χ2n) is 6.52. The van der Waals surface area contributed by atoms with Crippen LogP contribution < -0.4 is 0 Å². The van der Waals surface area contributed by atoms with Crippen molar-refractivity contribution in [3.05, 3.63) is 29.9 Å². The highest BCUT2D eigenvalue weighted by Crippen LogP contribution is 2.35. The molecule has 1 aromatic rings. The van der Waals surface area contributed by atoms with Gasteiger partial charge in [0.1, 0.15) is 0 Å². The number of halogens is 1. The Balaban J connectivity index is 2.42. The molecule has 1 aromatic heterocycles. The zero-order chi connectivity index (χ0) is 15.9. The normalized spacial score (nSPS) is 22.1. The fourth-order valence-corrected chi connectivity index (χ4v) is 2.68. The van der Waals surface area contributed by atoms with E-state index in [2.05, 4.69) is 27.4 Å². The average molecular weight is 293 g/mol. The second-order valence-corrected chi connectivity index (χ2v) is 6.52. The molecule has 1 aliphatic heterocycles. The Morgan fingerprint density at radius 3 is 2.67 bits per heavy atom. The van der Waals surface area contributed by atoms with E-state index in [1.807, 2.05) is 24.6 Å². The molecule has 0 spiro atoms. The van der Waals surface area contributed by atoms with Crippen molar-refractivity contribution in [2.45, 2.75) is 58.5 Å². The second kappa shape index (κ2) is 5.28. The van der Waals surface area contributed by atoms with Crippen LogP contribution in [-0.2, 0) is 10.2 Å². The maximum absolute atomic E-state index is 13.2. The Morgan fingerprint density at radius 1 is 1.52 bits per heavy atom. The summed E-state index contributed by atoms with van der Waals surface area (Å²) in [5, 5.41) is 4.73. The number of aromatic nitrogens is 2. The Labute approximate surface area is 125 Å². The molecular formula is C16H24FN3O. The summed E-state index contributed by atoms with van der Waals surface area (Å²) in [7, 11) is 0. The van der Waals surface area contributed by atoms with E-state index in [9.17, 15) is 9.18 Å². The van der Waals surface area contributed by atoms with E-state index in [1.165, 1.54) is 4.90 Å². The molecule has 2 rings (SSSR count). The quantitative estimate of drug-likeness (QED) is 0.800. The maximum Gasteiger partial charge on any atom is 0.282 e. The molecule has 0 fully saturated rings. The molecule has 0 aliphatic carbocycles. The molecule has 1 aliphatic rings. The highest BCUT2D eigenvalue weighted by Gasteiger charge is 2.35. The molecule has 116 valence electrons. The van der Waals surface area contributed by atoms with Gasteiger partial charge in [-0.2, -0.15) is 5.10 Å². The number of carbonyl (C=O) groups is 1. The van der Waals surface area contributed by atoms with Crippen LogP contribution in [0, 0.1) is 0 Å². The summed E-state index contributed by atoms with van der Waals surface area (Å²) >= 11 is 0. The zero-order valence-corrected chi connectivity index (χ0v) is 13.5. The van der Waals surface area contributed by atoms with Crippen molar-refractivity contribution in [3.8, 4) is 0 Å². The first-order valence-corrected chi connectivity index (χ1v) is 7.44. The molecule has 0 N–H and O–H groups in total. The number of nitrogens with zero attached hydrogens (tertiary/aromatic N) is 3. The predicted molar refractivity (Wildman–Crippen MR) is 80.6 cm³/mol. The molecule has 2 heterocycles. The summed E-state index contributed by atoms with van der Waals surface area (Å²) in [6, 6.07) is 1.88. The summed E-state index contributed by atoms with van der Waals surface area (Å²) in [5.74, 6) is -1.53. The minimum Gasteiger partial charge on any atom is -0.326 e. The van der Waals surface area contributed by atoms with Gasteiger partial charge in [-0.25, -0.2) is 4.39 Å². The minimum absolute atomic E-state index is 0.0116. The molecule has 0 saturated heterocycles. The largest absolute Gasteiger partial charge is 0.326 e. The molecule has 0 aromatic carbocycles. The molecule has 5 heteroatoms. The van der Waals surface area contributed by atoms with Crippen molar-refractivity contribution < 1.29 is 9.18 Å². The van der Waals surface area contributed by atoms with E-state index in [-0.39, 0.29) is 17.5 Å². The lowest BCUT2D eigenvalue weighted by atomic mass is 9.86. The van der Waals surface area contributed by atoms with Crippen LogP contribution in [0.3, 0.4) is 0 Å². The Bertz CT molecular complexity index is 576. The van der Waals surface area contributed by atoms with Crippen LogP contribution in [0.25, 0.3) is 0 Å². The van der Waals surface area contributed by atoms with E-state index in [1.54, 1.807) is 0 Å². The van der Waals surface area contributed by atoms with Gasteiger partial charge in [-0.3, -0.25) is 9.48 Å². The van der Waals surface area contributed by atoms with Crippen molar-refractivity contribution in [2.24, 2.45) is 0 Å². The number of amides is 1. The van der Waals surface area contributed by atoms with Crippen LogP contribution in [0.1, 0.15) is 64.5 Å². The molecule has 1 amide bonds. The third-order valence-electron chi connectivity index (χ3n) is 4.61. The van der Waals surface area contributed by atoms with Gasteiger partial charge in [-0.15, -0.1) is 0 Å². The Morgan fingerprint density at radius 2 is 2.14 bits per heavy atom. The SMILES string of the molecule is C=C(F)C(=O)N1CC(C)n2nc(C(C)(C)CC)cc2C1C. The summed E-state index contributed by atoms with van der Waals surface area (Å²) in [6.07, 6.45) is 0.982. The first-order valence-electron chi connectivity index (χ1n) is 7.44. The van der Waals surface area contributed by atoms with Crippen LogP contribution in [0.2, 0.25) is 0 Å². The molecule has 0 radical (unpaired) electrons. The van der Waals surface area contributed by atoms with Crippen LogP contribution in [0.5, 0.6) is 0 Å². The fourth-order valence-electron chi connectivity index (χ4n) is 2.68. The number of hydrogen-bond donors (Lipinski definition) is 0. The lowest BCUT2D eigenvalue weighted by Gasteiger charge is -2.37. The van der Waals surface area contributed by atoms with Crippen LogP contribution in [-0.4, -0.2) is 27.1 Å². The molecule has 4 nitrogen and oxygen atoms in total. The van der Waals surface area contributed by atoms with Crippen LogP contribution >= 0.6 is 0 Å². The fraction of sp³-hybridized carbons (Fsp3) is 0.625. The predicted octanol–water partition coefficient (Wildman–Crippen LogP) is 3.52. The maximum atomic E-state index is 13.2. The Hall–Kier alpha value is -1.65. The number of fused-ring (bicyclic) bond motifs is 1. The molecule has 2 atom stereocenters. The third-order valence-corrected chi connectivity index (χ3v) is 4.61. The van der Waals surface area contributed by atoms with Crippen molar-refractivity contribution >= 4 is 5.91 Å². The van der Waals surface area contributed by atoms with E-state index < -0.39 is 11.7 Å². The van der Waals surface area contributed by atoms with E-state index in [0.717, 1.165) is 17.8 Å². The lowest BCUT2D eigenvalue weighted by molar-refractivity contribution is -0.132. The van der Waals surface area contributed by atoms with Gasteiger partial charge in [0.05, 0.1) is 23.5 Å². The summed E-state index contributed by atoms with van der Waals surface area (Å²) < 4.78 is 15.2. The molecule has 0 bridgehead atoms. The zero-order valence-electron chi connectivity index (χ0n) is 13.5. The Kier molecular flexibility index (Phi) is 3.95. The van der Waals surface area contributed by atoms with Crippen molar-refractivity contribution in [1.82, 2.24) is 14.7 Å². The van der Waals surface area contributed by atoms with E-state index >= 15 is 0 Å². The molecular weight excluding hydrogens is 269 g/mol. The van der Waals surface area contributed by atoms with Gasteiger partial charge >= 0.3 is 0 Å². The van der Waals surface area contributed by atoms with Crippen LogP contribution in [0.4, 0.5) is 4.39 Å². The van der Waals surface area contributed by atoms with E-state index in [0.29, 0.717) is 6.54 Å². The van der Waals surface area contributed by atoms with Gasteiger partial charge in [-0.1, -0.05) is 27.4 Å². The molecule has 0 saturated carbocycles. The topological polar surface area (TPSA) is 38.1 Å². The van der Waals surface area contributed by atoms with Crippen molar-refractivity contribution in [1.29, 1.82) is 0 Å². The van der Waals surface area contributed by atoms with Gasteiger partial charge in [0, 0.05) is 12.0 Å². The van der Waals surface area contributed by atoms with Gasteiger partial charge in [0.25, 0.3) is 5.91 Å². The number of carbonyl (C=O) groups excluding carboxylic acids is 1. The number of rotatable bonds is 3. The first-order chi connectivity index (χ1) is 9.69.